The van der Waals surface area contributed by atoms with Crippen molar-refractivity contribution < 1.29 is 0 Å². The maximum atomic E-state index is 5.32. The van der Waals surface area contributed by atoms with Gasteiger partial charge < -0.3 is 0 Å². The van der Waals surface area contributed by atoms with Gasteiger partial charge in [-0.1, -0.05) is 0 Å². The standard InChI is InChI=1S/C39H25N2PSe/c43-42(30-22-20-26-10-1-3-12-28(26)24-30,31-23-21-27-11-2-4-13-29(27)25-31)37-19-9-15-33-32-14-5-7-17-35(32)41-36-18-8-6-16-34(36)40-39(41)38(33)37/h1-25H. The zero-order chi connectivity index (χ0) is 28.5. The average molecular weight is 632 g/mol. The third-order valence-corrected chi connectivity index (χ3v) is 15.7. The Morgan fingerprint density at radius 3 is 1.74 bits per heavy atom. The average Bonchev–Trinajstić information content (AvgIpc) is 3.47. The number of rotatable bonds is 3. The van der Waals surface area contributed by atoms with Crippen molar-refractivity contribution in [3.63, 3.8) is 0 Å². The van der Waals surface area contributed by atoms with Crippen LogP contribution in [0.3, 0.4) is 0 Å². The molecule has 2 nitrogen and oxygen atoms in total. The van der Waals surface area contributed by atoms with Crippen LogP contribution in [0.4, 0.5) is 0 Å². The molecule has 0 aliphatic heterocycles. The van der Waals surface area contributed by atoms with Gasteiger partial charge in [0.2, 0.25) is 0 Å². The molecule has 0 radical (unpaired) electrons. The van der Waals surface area contributed by atoms with Gasteiger partial charge in [-0.25, -0.2) is 0 Å². The van der Waals surface area contributed by atoms with E-state index in [4.69, 9.17) is 4.98 Å². The van der Waals surface area contributed by atoms with E-state index >= 15 is 0 Å². The predicted molar refractivity (Wildman–Crippen MR) is 187 cm³/mol. The zero-order valence-corrected chi connectivity index (χ0v) is 25.8. The first-order valence-corrected chi connectivity index (χ1v) is 18.5. The molecule has 0 saturated carbocycles. The summed E-state index contributed by atoms with van der Waals surface area (Å²) in [5.41, 5.74) is 2.04. The molecule has 7 aromatic carbocycles. The number of benzene rings is 7. The van der Waals surface area contributed by atoms with Crippen LogP contribution in [0.1, 0.15) is 0 Å². The van der Waals surface area contributed by atoms with E-state index in [1.807, 2.05) is 0 Å². The van der Waals surface area contributed by atoms with Crippen LogP contribution in [0, 0.1) is 0 Å². The summed E-state index contributed by atoms with van der Waals surface area (Å²) in [4.78, 5) is 5.32. The molecule has 0 saturated heterocycles. The summed E-state index contributed by atoms with van der Waals surface area (Å²) in [6.45, 7) is 0. The van der Waals surface area contributed by atoms with Gasteiger partial charge in [-0.15, -0.1) is 0 Å². The number of hydrogen-bond acceptors (Lipinski definition) is 1. The molecule has 2 aromatic heterocycles. The molecule has 0 amide bonds. The third kappa shape index (κ3) is 3.66. The van der Waals surface area contributed by atoms with E-state index in [2.05, 4.69) is 171 Å². The predicted octanol–water partition coefficient (Wildman–Crippen LogP) is 8.48. The van der Waals surface area contributed by atoms with Crippen LogP contribution >= 0.6 is 5.51 Å². The molecule has 0 unspecified atom stereocenters. The van der Waals surface area contributed by atoms with Gasteiger partial charge in [0, 0.05) is 0 Å². The van der Waals surface area contributed by atoms with Crippen LogP contribution in [-0.4, -0.2) is 24.5 Å². The Hall–Kier alpha value is -4.52. The molecule has 9 rings (SSSR count). The van der Waals surface area contributed by atoms with Crippen molar-refractivity contribution in [3.05, 3.63) is 152 Å². The molecule has 0 atom stereocenters. The van der Waals surface area contributed by atoms with Crippen LogP contribution in [0.5, 0.6) is 0 Å². The van der Waals surface area contributed by atoms with E-state index in [0.717, 1.165) is 16.7 Å². The summed E-state index contributed by atoms with van der Waals surface area (Å²) >= 11 is 3.88. The van der Waals surface area contributed by atoms with Crippen molar-refractivity contribution in [1.29, 1.82) is 0 Å². The molecule has 0 fully saturated rings. The SMILES string of the molecule is [Se]=P(c1ccc2ccccc2c1)(c1ccc2ccccc2c1)c1cccc2c3ccccc3n3c4ccccc4nc3c12. The van der Waals surface area contributed by atoms with Crippen molar-refractivity contribution in [1.82, 2.24) is 9.38 Å². The van der Waals surface area contributed by atoms with E-state index in [1.54, 1.807) is 0 Å². The van der Waals surface area contributed by atoms with Crippen LogP contribution in [0.15, 0.2) is 152 Å². The van der Waals surface area contributed by atoms with Gasteiger partial charge in [-0.05, 0) is 0 Å². The van der Waals surface area contributed by atoms with Crippen molar-refractivity contribution in [2.45, 2.75) is 0 Å². The van der Waals surface area contributed by atoms with E-state index in [1.165, 1.54) is 59.1 Å². The first kappa shape index (κ1) is 25.0. The van der Waals surface area contributed by atoms with E-state index < -0.39 is 5.51 Å². The molecular formula is C39H25N2PSe. The van der Waals surface area contributed by atoms with Crippen molar-refractivity contribution in [2.75, 3.05) is 0 Å². The number of aromatic nitrogens is 2. The molecule has 43 heavy (non-hydrogen) atoms. The Morgan fingerprint density at radius 1 is 0.488 bits per heavy atom. The quantitative estimate of drug-likeness (QED) is 0.109. The van der Waals surface area contributed by atoms with Crippen LogP contribution in [-0.2, 0) is 0 Å². The molecule has 4 heteroatoms. The van der Waals surface area contributed by atoms with Gasteiger partial charge in [0.25, 0.3) is 0 Å². The molecule has 9 aromatic rings. The Labute approximate surface area is 256 Å². The molecule has 0 bridgehead atoms. The molecule has 0 spiro atoms. The zero-order valence-electron chi connectivity index (χ0n) is 23.2. The number of imidazole rings is 1. The Morgan fingerprint density at radius 2 is 1.05 bits per heavy atom. The molecule has 0 N–H and O–H groups in total. The fourth-order valence-corrected chi connectivity index (χ4v) is 12.1. The Bertz CT molecular complexity index is 2530. The Kier molecular flexibility index (Phi) is 5.52. The van der Waals surface area contributed by atoms with Crippen molar-refractivity contribution >= 4 is 96.4 Å². The number of pyridine rings is 1. The number of nitrogens with zero attached hydrogens (tertiary/aromatic N) is 2. The molecule has 2 heterocycles. The summed E-state index contributed by atoms with van der Waals surface area (Å²) in [6.07, 6.45) is 0. The monoisotopic (exact) mass is 632 g/mol. The van der Waals surface area contributed by atoms with Crippen LogP contribution in [0.2, 0.25) is 0 Å². The number of fused-ring (bicyclic) bond motifs is 10. The Balaban J connectivity index is 1.48. The summed E-state index contributed by atoms with van der Waals surface area (Å²) in [6, 6.07) is 55.4. The summed E-state index contributed by atoms with van der Waals surface area (Å²) in [5.74, 6) is 0. The second-order valence-corrected chi connectivity index (χ2v) is 17.3. The minimum atomic E-state index is -2.28. The van der Waals surface area contributed by atoms with E-state index in [9.17, 15) is 0 Å². The van der Waals surface area contributed by atoms with Gasteiger partial charge in [0.1, 0.15) is 0 Å². The first-order chi connectivity index (χ1) is 21.2. The van der Waals surface area contributed by atoms with Crippen molar-refractivity contribution in [3.8, 4) is 0 Å². The fourth-order valence-electron chi connectivity index (χ4n) is 6.77. The second-order valence-electron chi connectivity index (χ2n) is 11.1. The van der Waals surface area contributed by atoms with Crippen LogP contribution in [0.25, 0.3) is 59.9 Å². The first-order valence-electron chi connectivity index (χ1n) is 14.5. The van der Waals surface area contributed by atoms with Gasteiger partial charge in [0.15, 0.2) is 0 Å². The molecule has 202 valence electrons. The summed E-state index contributed by atoms with van der Waals surface area (Å²) in [5, 5.41) is 12.6. The molecule has 0 aliphatic carbocycles. The minimum absolute atomic E-state index is 1.01. The van der Waals surface area contributed by atoms with Crippen LogP contribution < -0.4 is 15.9 Å². The van der Waals surface area contributed by atoms with Crippen molar-refractivity contribution in [2.24, 2.45) is 0 Å². The van der Waals surface area contributed by atoms with Gasteiger partial charge >= 0.3 is 257 Å². The summed E-state index contributed by atoms with van der Waals surface area (Å²) < 4.78 is 2.36. The third-order valence-electron chi connectivity index (χ3n) is 8.79. The van der Waals surface area contributed by atoms with Gasteiger partial charge in [0.05, 0.1) is 0 Å². The number of hydrogen-bond donors (Lipinski definition) is 0. The topological polar surface area (TPSA) is 17.3 Å². The van der Waals surface area contributed by atoms with E-state index in [-0.39, 0.29) is 0 Å². The summed E-state index contributed by atoms with van der Waals surface area (Å²) in [7, 11) is 0. The molecular weight excluding hydrogens is 606 g/mol. The fraction of sp³-hybridized carbons (Fsp3) is 0. The van der Waals surface area contributed by atoms with E-state index in [0.29, 0.717) is 0 Å². The van der Waals surface area contributed by atoms with Gasteiger partial charge in [-0.3, -0.25) is 0 Å². The maximum absolute atomic E-state index is 5.32. The number of para-hydroxylation sites is 3. The van der Waals surface area contributed by atoms with Gasteiger partial charge in [-0.2, -0.15) is 0 Å². The normalized spacial score (nSPS) is 12.3. The second kappa shape index (κ2) is 9.49. The molecule has 0 aliphatic rings.